The molecule has 1 atom stereocenters. The molecular formula is C18H20N2O4. The van der Waals surface area contributed by atoms with Crippen LogP contribution in [-0.2, 0) is 11.8 Å². The van der Waals surface area contributed by atoms with Crippen molar-refractivity contribution in [2.45, 2.75) is 26.9 Å². The molecule has 0 aliphatic rings. The second kappa shape index (κ2) is 7.12. The van der Waals surface area contributed by atoms with E-state index in [-0.39, 0.29) is 5.78 Å². The fourth-order valence-electron chi connectivity index (χ4n) is 2.33. The number of hydrogen-bond acceptors (Lipinski definition) is 4. The van der Waals surface area contributed by atoms with Crippen LogP contribution in [0.1, 0.15) is 34.2 Å². The molecular weight excluding hydrogens is 308 g/mol. The van der Waals surface area contributed by atoms with E-state index in [1.54, 1.807) is 42.9 Å². The summed E-state index contributed by atoms with van der Waals surface area (Å²) in [5, 5.41) is 13.1. The fourth-order valence-corrected chi connectivity index (χ4v) is 2.33. The summed E-state index contributed by atoms with van der Waals surface area (Å²) in [5.41, 5.74) is 2.85. The van der Waals surface area contributed by atoms with Gasteiger partial charge in [-0.25, -0.2) is 4.79 Å². The highest BCUT2D eigenvalue weighted by Crippen LogP contribution is 2.18. The van der Waals surface area contributed by atoms with Crippen molar-refractivity contribution in [2.75, 3.05) is 0 Å². The monoisotopic (exact) mass is 328 g/mol. The zero-order chi connectivity index (χ0) is 17.9. The highest BCUT2D eigenvalue weighted by atomic mass is 16.5. The van der Waals surface area contributed by atoms with Gasteiger partial charge in [-0.15, -0.1) is 0 Å². The van der Waals surface area contributed by atoms with Crippen LogP contribution in [0.4, 0.5) is 0 Å². The molecule has 1 heterocycles. The Bertz CT molecular complexity index is 805. The number of benzene rings is 1. The molecule has 24 heavy (non-hydrogen) atoms. The molecule has 0 aliphatic carbocycles. The summed E-state index contributed by atoms with van der Waals surface area (Å²) >= 11 is 0. The number of aryl methyl sites for hydroxylation is 2. The van der Waals surface area contributed by atoms with Crippen molar-refractivity contribution >= 4 is 17.8 Å². The maximum atomic E-state index is 12.4. The molecule has 1 N–H and O–H groups in total. The number of carbonyl (C=O) groups is 2. The lowest BCUT2D eigenvalue weighted by Gasteiger charge is -2.10. The van der Waals surface area contributed by atoms with Crippen molar-refractivity contribution in [3.63, 3.8) is 0 Å². The van der Waals surface area contributed by atoms with Crippen LogP contribution in [0.2, 0.25) is 0 Å². The number of nitrogens with zero attached hydrogens (tertiary/aromatic N) is 2. The zero-order valence-electron chi connectivity index (χ0n) is 14.1. The van der Waals surface area contributed by atoms with Crippen LogP contribution in [-0.4, -0.2) is 32.7 Å². The molecule has 0 saturated heterocycles. The van der Waals surface area contributed by atoms with Gasteiger partial charge >= 0.3 is 5.97 Å². The minimum Gasteiger partial charge on any atom is -0.479 e. The molecule has 0 fully saturated rings. The molecule has 0 bridgehead atoms. The molecule has 0 amide bonds. The van der Waals surface area contributed by atoms with Gasteiger partial charge in [-0.3, -0.25) is 9.48 Å². The molecule has 0 spiro atoms. The predicted molar refractivity (Wildman–Crippen MR) is 90.2 cm³/mol. The molecule has 0 unspecified atom stereocenters. The smallest absolute Gasteiger partial charge is 0.344 e. The Hall–Kier alpha value is -2.89. The van der Waals surface area contributed by atoms with Crippen molar-refractivity contribution in [1.29, 1.82) is 0 Å². The average molecular weight is 328 g/mol. The molecule has 1 aromatic carbocycles. The van der Waals surface area contributed by atoms with Crippen molar-refractivity contribution in [1.82, 2.24) is 9.78 Å². The number of aliphatic carboxylic acids is 1. The minimum atomic E-state index is -1.03. The van der Waals surface area contributed by atoms with E-state index in [0.29, 0.717) is 17.0 Å². The maximum absolute atomic E-state index is 12.4. The second-order valence-electron chi connectivity index (χ2n) is 5.54. The summed E-state index contributed by atoms with van der Waals surface area (Å²) in [5.74, 6) is -0.717. The Balaban J connectivity index is 2.17. The largest absolute Gasteiger partial charge is 0.479 e. The first-order valence-corrected chi connectivity index (χ1v) is 7.51. The zero-order valence-corrected chi connectivity index (χ0v) is 14.1. The summed E-state index contributed by atoms with van der Waals surface area (Å²) in [7, 11) is 1.80. The van der Waals surface area contributed by atoms with Crippen molar-refractivity contribution in [3.8, 4) is 5.75 Å². The van der Waals surface area contributed by atoms with E-state index < -0.39 is 12.1 Å². The third-order valence-electron chi connectivity index (χ3n) is 3.70. The Morgan fingerprint density at radius 3 is 2.62 bits per heavy atom. The van der Waals surface area contributed by atoms with E-state index in [1.165, 1.54) is 13.0 Å². The number of allylic oxidation sites excluding steroid dienone is 1. The van der Waals surface area contributed by atoms with Crippen molar-refractivity contribution in [3.05, 3.63) is 52.9 Å². The maximum Gasteiger partial charge on any atom is 0.344 e. The number of carboxylic acids is 1. The molecule has 1 aromatic heterocycles. The summed E-state index contributed by atoms with van der Waals surface area (Å²) in [6, 6.07) is 6.92. The van der Waals surface area contributed by atoms with Crippen LogP contribution in [0.15, 0.2) is 30.3 Å². The third kappa shape index (κ3) is 3.90. The number of ether oxygens (including phenoxy) is 1. The summed E-state index contributed by atoms with van der Waals surface area (Å²) in [4.78, 5) is 23.2. The van der Waals surface area contributed by atoms with E-state index in [1.807, 2.05) is 13.0 Å². The first-order valence-electron chi connectivity index (χ1n) is 7.51. The SMILES string of the molecule is Cc1nn(C)c(C)c1C(=O)/C=C\c1cccc(O[C@@H](C)C(=O)O)c1. The van der Waals surface area contributed by atoms with E-state index in [4.69, 9.17) is 9.84 Å². The van der Waals surface area contributed by atoms with Gasteiger partial charge in [0.2, 0.25) is 0 Å². The molecule has 126 valence electrons. The Labute approximate surface area is 140 Å². The van der Waals surface area contributed by atoms with Crippen LogP contribution in [0.25, 0.3) is 6.08 Å². The quantitative estimate of drug-likeness (QED) is 0.651. The lowest BCUT2D eigenvalue weighted by atomic mass is 10.1. The first-order chi connectivity index (χ1) is 11.3. The van der Waals surface area contributed by atoms with E-state index in [9.17, 15) is 9.59 Å². The Morgan fingerprint density at radius 2 is 2.04 bits per heavy atom. The van der Waals surface area contributed by atoms with Crippen LogP contribution < -0.4 is 4.74 Å². The minimum absolute atomic E-state index is 0.122. The molecule has 0 radical (unpaired) electrons. The number of aromatic nitrogens is 2. The Kier molecular flexibility index (Phi) is 5.18. The summed E-state index contributed by atoms with van der Waals surface area (Å²) in [6.45, 7) is 5.11. The number of ketones is 1. The van der Waals surface area contributed by atoms with E-state index in [2.05, 4.69) is 5.10 Å². The lowest BCUT2D eigenvalue weighted by molar-refractivity contribution is -0.144. The molecule has 2 aromatic rings. The number of rotatable bonds is 6. The number of carboxylic acid groups (broad SMARTS) is 1. The summed E-state index contributed by atoms with van der Waals surface area (Å²) in [6.07, 6.45) is 2.22. The summed E-state index contributed by atoms with van der Waals surface area (Å²) < 4.78 is 7.00. The lowest BCUT2D eigenvalue weighted by Crippen LogP contribution is -2.22. The van der Waals surface area contributed by atoms with Crippen LogP contribution >= 0.6 is 0 Å². The highest BCUT2D eigenvalue weighted by Gasteiger charge is 2.15. The predicted octanol–water partition coefficient (Wildman–Crippen LogP) is 2.78. The third-order valence-corrected chi connectivity index (χ3v) is 3.70. The fraction of sp³-hybridized carbons (Fsp3) is 0.278. The van der Waals surface area contributed by atoms with Gasteiger partial charge in [-0.1, -0.05) is 18.2 Å². The number of hydrogen-bond donors (Lipinski definition) is 1. The van der Waals surface area contributed by atoms with Crippen molar-refractivity contribution < 1.29 is 19.4 Å². The van der Waals surface area contributed by atoms with E-state index >= 15 is 0 Å². The van der Waals surface area contributed by atoms with Gasteiger partial charge in [0.25, 0.3) is 0 Å². The molecule has 6 heteroatoms. The molecule has 6 nitrogen and oxygen atoms in total. The van der Waals surface area contributed by atoms with Crippen LogP contribution in [0.5, 0.6) is 5.75 Å². The van der Waals surface area contributed by atoms with Gasteiger partial charge in [0.1, 0.15) is 5.75 Å². The van der Waals surface area contributed by atoms with Gasteiger partial charge in [0.15, 0.2) is 11.9 Å². The van der Waals surface area contributed by atoms with E-state index in [0.717, 1.165) is 11.3 Å². The molecule has 0 aliphatic heterocycles. The van der Waals surface area contributed by atoms with Crippen LogP contribution in [0.3, 0.4) is 0 Å². The normalized spacial score (nSPS) is 12.3. The van der Waals surface area contributed by atoms with Gasteiger partial charge in [-0.2, -0.15) is 5.10 Å². The van der Waals surface area contributed by atoms with Gasteiger partial charge < -0.3 is 9.84 Å². The molecule has 2 rings (SSSR count). The van der Waals surface area contributed by atoms with Gasteiger partial charge in [0.05, 0.1) is 11.3 Å². The standard InChI is InChI=1S/C18H20N2O4/c1-11-17(12(2)20(4)19-11)16(21)9-8-14-6-5-7-15(10-14)24-13(3)18(22)23/h5-10,13H,1-4H3,(H,22,23)/b9-8-/t13-/m0/s1. The van der Waals surface area contributed by atoms with Crippen LogP contribution in [0, 0.1) is 13.8 Å². The molecule has 0 saturated carbocycles. The highest BCUT2D eigenvalue weighted by molar-refractivity contribution is 6.08. The first kappa shape index (κ1) is 17.5. The van der Waals surface area contributed by atoms with Crippen molar-refractivity contribution in [2.24, 2.45) is 7.05 Å². The Morgan fingerprint density at radius 1 is 1.33 bits per heavy atom. The number of carbonyl (C=O) groups excluding carboxylic acids is 1. The van der Waals surface area contributed by atoms with Gasteiger partial charge in [-0.05, 0) is 44.5 Å². The topological polar surface area (TPSA) is 81.4 Å². The average Bonchev–Trinajstić information content (AvgIpc) is 2.78. The second-order valence-corrected chi connectivity index (χ2v) is 5.54. The van der Waals surface area contributed by atoms with Gasteiger partial charge in [0, 0.05) is 12.7 Å².